The van der Waals surface area contributed by atoms with Crippen LogP contribution in [0.5, 0.6) is 0 Å². The van der Waals surface area contributed by atoms with E-state index >= 15 is 0 Å². The largest absolute Gasteiger partial charge is 0.462 e. The first kappa shape index (κ1) is 36.4. The van der Waals surface area contributed by atoms with Gasteiger partial charge in [-0.2, -0.15) is 0 Å². The van der Waals surface area contributed by atoms with E-state index in [0.29, 0.717) is 34.6 Å². The number of anilines is 1. The van der Waals surface area contributed by atoms with Crippen molar-refractivity contribution < 1.29 is 24.2 Å². The number of hydrogen-bond donors (Lipinski definition) is 3. The SMILES string of the molecule is CC(=O)O[C@H]1C[C@H]2[C@@H]([C@H](OC(C)=O)C[C@@H]3C[C@H](O)CC[C@@]32C)[C@@H]2CC[C@H]([C@H](C)CCCNCCCNc3ccnc4cc(Cl)ccc34)[C@@]12C. The number of aromatic nitrogens is 1. The summed E-state index contributed by atoms with van der Waals surface area (Å²) in [7, 11) is 0. The van der Waals surface area contributed by atoms with Crippen LogP contribution in [-0.2, 0) is 19.1 Å². The summed E-state index contributed by atoms with van der Waals surface area (Å²) in [5.74, 6) is 1.71. The number of ether oxygens (including phenoxy) is 2. The predicted octanol–water partition coefficient (Wildman–Crippen LogP) is 7.80. The molecule has 1 heterocycles. The first-order chi connectivity index (χ1) is 23.4. The second-order valence-electron chi connectivity index (χ2n) is 16.4. The number of pyridine rings is 1. The molecule has 4 fully saturated rings. The number of carbonyl (C=O) groups is 2. The Labute approximate surface area is 297 Å². The highest BCUT2D eigenvalue weighted by Gasteiger charge is 2.67. The zero-order chi connectivity index (χ0) is 34.9. The molecule has 6 rings (SSSR count). The molecule has 9 heteroatoms. The van der Waals surface area contributed by atoms with Crippen molar-refractivity contribution in [2.24, 2.45) is 46.3 Å². The molecule has 4 aliphatic rings. The van der Waals surface area contributed by atoms with E-state index < -0.39 is 0 Å². The van der Waals surface area contributed by atoms with Gasteiger partial charge in [-0.1, -0.05) is 32.4 Å². The molecule has 8 nitrogen and oxygen atoms in total. The highest BCUT2D eigenvalue weighted by atomic mass is 35.5. The standard InChI is InChI=1S/C40H58ClN3O5/c1-24(8-6-16-42-17-7-18-43-34-14-19-44-35-22-28(41)9-10-30(34)35)31-11-12-32-38-33(23-37(40(31,32)5)49-26(3)46)39(4)15-13-29(47)20-27(39)21-36(38)48-25(2)45/h9-10,14,19,22,24,27,29,31-33,36-38,42,47H,6-8,11-13,15-18,20-21,23H2,1-5H3,(H,43,44)/t24-,27+,29-,31-,32+,33+,36-,37+,38+,39+,40-/m1/s1. The van der Waals surface area contributed by atoms with Crippen LogP contribution >= 0.6 is 11.6 Å². The molecule has 4 saturated carbocycles. The van der Waals surface area contributed by atoms with Gasteiger partial charge in [-0.25, -0.2) is 0 Å². The lowest BCUT2D eigenvalue weighted by atomic mass is 9.43. The summed E-state index contributed by atoms with van der Waals surface area (Å²) < 4.78 is 12.5. The van der Waals surface area contributed by atoms with E-state index in [1.807, 2.05) is 30.5 Å². The van der Waals surface area contributed by atoms with Gasteiger partial charge in [-0.3, -0.25) is 14.6 Å². The van der Waals surface area contributed by atoms with Gasteiger partial charge in [0, 0.05) is 54.0 Å². The Hall–Kier alpha value is -2.42. The fourth-order valence-corrected chi connectivity index (χ4v) is 11.5. The van der Waals surface area contributed by atoms with Crippen LogP contribution in [0.4, 0.5) is 5.69 Å². The first-order valence-corrected chi connectivity index (χ1v) is 19.3. The second-order valence-corrected chi connectivity index (χ2v) is 16.8. The number of rotatable bonds is 12. The fraction of sp³-hybridized carbons (Fsp3) is 0.725. The molecule has 0 amide bonds. The minimum absolute atomic E-state index is 0.0472. The van der Waals surface area contributed by atoms with Crippen molar-refractivity contribution in [2.75, 3.05) is 25.0 Å². The number of nitrogens with zero attached hydrogens (tertiary/aromatic N) is 1. The highest BCUT2D eigenvalue weighted by Crippen LogP contribution is 2.69. The molecule has 3 N–H and O–H groups in total. The lowest BCUT2D eigenvalue weighted by Gasteiger charge is -2.64. The summed E-state index contributed by atoms with van der Waals surface area (Å²) in [5, 5.41) is 19.6. The van der Waals surface area contributed by atoms with Gasteiger partial charge in [0.2, 0.25) is 0 Å². The molecular formula is C40H58ClN3O5. The van der Waals surface area contributed by atoms with E-state index in [-0.39, 0.29) is 47.0 Å². The second kappa shape index (κ2) is 15.1. The summed E-state index contributed by atoms with van der Waals surface area (Å²) in [5.41, 5.74) is 1.86. The van der Waals surface area contributed by atoms with E-state index in [1.54, 1.807) is 6.92 Å². The Morgan fingerprint density at radius 1 is 1.00 bits per heavy atom. The van der Waals surface area contributed by atoms with Gasteiger partial charge < -0.3 is 25.2 Å². The minimum Gasteiger partial charge on any atom is -0.462 e. The van der Waals surface area contributed by atoms with E-state index in [2.05, 4.69) is 36.4 Å². The topological polar surface area (TPSA) is 110 Å². The van der Waals surface area contributed by atoms with E-state index in [9.17, 15) is 14.7 Å². The maximum absolute atomic E-state index is 12.6. The predicted molar refractivity (Wildman–Crippen MR) is 194 cm³/mol. The Kier molecular flexibility index (Phi) is 11.2. The van der Waals surface area contributed by atoms with E-state index in [1.165, 1.54) is 6.92 Å². The van der Waals surface area contributed by atoms with Crippen molar-refractivity contribution in [3.8, 4) is 0 Å². The molecule has 11 atom stereocenters. The lowest BCUT2D eigenvalue weighted by molar-refractivity contribution is -0.223. The fourth-order valence-electron chi connectivity index (χ4n) is 11.4. The molecule has 49 heavy (non-hydrogen) atoms. The van der Waals surface area contributed by atoms with Crippen LogP contribution in [0.2, 0.25) is 5.02 Å². The van der Waals surface area contributed by atoms with Gasteiger partial charge >= 0.3 is 11.9 Å². The quantitative estimate of drug-likeness (QED) is 0.153. The molecule has 1 aromatic heterocycles. The van der Waals surface area contributed by atoms with Gasteiger partial charge in [0.25, 0.3) is 0 Å². The Morgan fingerprint density at radius 2 is 1.78 bits per heavy atom. The van der Waals surface area contributed by atoms with E-state index in [4.69, 9.17) is 21.1 Å². The number of fused-ring (bicyclic) bond motifs is 6. The highest BCUT2D eigenvalue weighted by molar-refractivity contribution is 6.31. The van der Waals surface area contributed by atoms with Gasteiger partial charge in [-0.05, 0) is 137 Å². The van der Waals surface area contributed by atoms with Crippen molar-refractivity contribution >= 4 is 40.1 Å². The van der Waals surface area contributed by atoms with Crippen LogP contribution < -0.4 is 10.6 Å². The smallest absolute Gasteiger partial charge is 0.302 e. The maximum Gasteiger partial charge on any atom is 0.302 e. The maximum atomic E-state index is 12.6. The Morgan fingerprint density at radius 3 is 2.55 bits per heavy atom. The molecular weight excluding hydrogens is 638 g/mol. The zero-order valence-electron chi connectivity index (χ0n) is 30.2. The molecule has 4 aliphatic carbocycles. The summed E-state index contributed by atoms with van der Waals surface area (Å²) in [6.07, 6.45) is 10.9. The third-order valence-electron chi connectivity index (χ3n) is 13.7. The van der Waals surface area contributed by atoms with Crippen LogP contribution in [0.25, 0.3) is 10.9 Å². The number of esters is 2. The van der Waals surface area contributed by atoms with Gasteiger partial charge in [-0.15, -0.1) is 0 Å². The average Bonchev–Trinajstić information content (AvgIpc) is 3.41. The molecule has 0 radical (unpaired) electrons. The number of carbonyl (C=O) groups excluding carboxylic acids is 2. The molecule has 0 unspecified atom stereocenters. The normalized spacial score (nSPS) is 35.9. The zero-order valence-corrected chi connectivity index (χ0v) is 30.9. The van der Waals surface area contributed by atoms with Gasteiger partial charge in [0.1, 0.15) is 12.2 Å². The minimum atomic E-state index is -0.290. The van der Waals surface area contributed by atoms with Gasteiger partial charge in [0.15, 0.2) is 0 Å². The van der Waals surface area contributed by atoms with E-state index in [0.717, 1.165) is 100 Å². The number of benzene rings is 1. The molecule has 1 aromatic carbocycles. The molecule has 0 aliphatic heterocycles. The van der Waals surface area contributed by atoms with Crippen LogP contribution in [0.3, 0.4) is 0 Å². The Bertz CT molecular complexity index is 1490. The lowest BCUT2D eigenvalue weighted by Crippen LogP contribution is -2.63. The number of hydrogen-bond acceptors (Lipinski definition) is 8. The summed E-state index contributed by atoms with van der Waals surface area (Å²) in [6.45, 7) is 13.1. The third-order valence-corrected chi connectivity index (χ3v) is 13.9. The van der Waals surface area contributed by atoms with Crippen molar-refractivity contribution in [2.45, 2.75) is 117 Å². The molecule has 0 saturated heterocycles. The van der Waals surface area contributed by atoms with Crippen molar-refractivity contribution in [1.82, 2.24) is 10.3 Å². The average molecular weight is 696 g/mol. The molecule has 2 aromatic rings. The first-order valence-electron chi connectivity index (χ1n) is 18.9. The summed E-state index contributed by atoms with van der Waals surface area (Å²) in [6, 6.07) is 7.83. The van der Waals surface area contributed by atoms with Crippen LogP contribution in [-0.4, -0.2) is 60.0 Å². The monoisotopic (exact) mass is 695 g/mol. The number of aliphatic hydroxyl groups is 1. The van der Waals surface area contributed by atoms with Crippen LogP contribution in [0.15, 0.2) is 30.5 Å². The summed E-state index contributed by atoms with van der Waals surface area (Å²) >= 11 is 6.14. The van der Waals surface area contributed by atoms with Crippen molar-refractivity contribution in [1.29, 1.82) is 0 Å². The number of nitrogens with one attached hydrogen (secondary N) is 2. The number of halogens is 1. The number of aliphatic hydroxyl groups excluding tert-OH is 1. The molecule has 0 bridgehead atoms. The Balaban J connectivity index is 1.06. The molecule has 270 valence electrons. The molecule has 0 spiro atoms. The van der Waals surface area contributed by atoms with Gasteiger partial charge in [0.05, 0.1) is 11.6 Å². The van der Waals surface area contributed by atoms with Crippen molar-refractivity contribution in [3.63, 3.8) is 0 Å². The van der Waals surface area contributed by atoms with Crippen LogP contribution in [0, 0.1) is 46.3 Å². The van der Waals surface area contributed by atoms with Crippen molar-refractivity contribution in [3.05, 3.63) is 35.5 Å². The van der Waals surface area contributed by atoms with Crippen LogP contribution in [0.1, 0.15) is 98.8 Å². The summed E-state index contributed by atoms with van der Waals surface area (Å²) in [4.78, 5) is 29.5. The third kappa shape index (κ3) is 7.34.